The number of ether oxygens (including phenoxy) is 3. The second-order valence-corrected chi connectivity index (χ2v) is 5.14. The summed E-state index contributed by atoms with van der Waals surface area (Å²) in [6, 6.07) is 7.01. The third-order valence-corrected chi connectivity index (χ3v) is 3.39. The molecule has 1 amide bonds. The van der Waals surface area contributed by atoms with Crippen molar-refractivity contribution in [3.63, 3.8) is 0 Å². The minimum Gasteiger partial charge on any atom is -0.493 e. The highest BCUT2D eigenvalue weighted by Gasteiger charge is 2.23. The molecule has 8 nitrogen and oxygen atoms in total. The number of nitrogens with one attached hydrogen (secondary N) is 1. The van der Waals surface area contributed by atoms with E-state index in [2.05, 4.69) is 10.4 Å². The Bertz CT molecular complexity index is 770. The second kappa shape index (κ2) is 8.18. The topological polar surface area (TPSA) is 91.7 Å². The van der Waals surface area contributed by atoms with Gasteiger partial charge in [0.15, 0.2) is 18.1 Å². The van der Waals surface area contributed by atoms with Crippen LogP contribution >= 0.6 is 0 Å². The van der Waals surface area contributed by atoms with Crippen molar-refractivity contribution in [1.82, 2.24) is 9.78 Å². The molecule has 25 heavy (non-hydrogen) atoms. The summed E-state index contributed by atoms with van der Waals surface area (Å²) in [5.74, 6) is 0.281. The van der Waals surface area contributed by atoms with Gasteiger partial charge in [0.05, 0.1) is 19.4 Å². The van der Waals surface area contributed by atoms with E-state index < -0.39 is 11.9 Å². The Hall–Kier alpha value is -3.03. The Kier molecular flexibility index (Phi) is 5.99. The molecule has 0 bridgehead atoms. The Morgan fingerprint density at radius 2 is 1.92 bits per heavy atom. The molecule has 0 unspecified atom stereocenters. The van der Waals surface area contributed by atoms with Gasteiger partial charge in [0.1, 0.15) is 11.4 Å². The van der Waals surface area contributed by atoms with Crippen molar-refractivity contribution in [2.45, 2.75) is 13.8 Å². The number of hydrogen-bond acceptors (Lipinski definition) is 6. The van der Waals surface area contributed by atoms with Crippen LogP contribution in [-0.4, -0.2) is 42.0 Å². The molecular weight excluding hydrogens is 326 g/mol. The Balaban J connectivity index is 2.09. The molecule has 1 N–H and O–H groups in total. The van der Waals surface area contributed by atoms with E-state index in [-0.39, 0.29) is 24.6 Å². The quantitative estimate of drug-likeness (QED) is 0.770. The van der Waals surface area contributed by atoms with E-state index in [1.807, 2.05) is 0 Å². The van der Waals surface area contributed by atoms with Gasteiger partial charge in [0, 0.05) is 7.05 Å². The van der Waals surface area contributed by atoms with E-state index >= 15 is 0 Å². The van der Waals surface area contributed by atoms with Crippen LogP contribution in [0.2, 0.25) is 0 Å². The summed E-state index contributed by atoms with van der Waals surface area (Å²) in [5.41, 5.74) is 0.705. The molecule has 0 atom stereocenters. The number of amides is 1. The maximum atomic E-state index is 12.2. The van der Waals surface area contributed by atoms with E-state index in [9.17, 15) is 9.59 Å². The number of carbonyl (C=O) groups is 2. The fourth-order valence-electron chi connectivity index (χ4n) is 2.30. The monoisotopic (exact) mass is 347 g/mol. The zero-order chi connectivity index (χ0) is 18.4. The van der Waals surface area contributed by atoms with Crippen LogP contribution < -0.4 is 14.8 Å². The fourth-order valence-corrected chi connectivity index (χ4v) is 2.30. The number of anilines is 1. The number of esters is 1. The lowest BCUT2D eigenvalue weighted by Crippen LogP contribution is -2.23. The van der Waals surface area contributed by atoms with E-state index in [0.717, 1.165) is 0 Å². The Morgan fingerprint density at radius 3 is 2.56 bits per heavy atom. The van der Waals surface area contributed by atoms with Crippen molar-refractivity contribution >= 4 is 17.7 Å². The van der Waals surface area contributed by atoms with Crippen molar-refractivity contribution in [2.24, 2.45) is 7.05 Å². The number of hydrogen-bond donors (Lipinski definition) is 1. The summed E-state index contributed by atoms with van der Waals surface area (Å²) < 4.78 is 17.1. The van der Waals surface area contributed by atoms with E-state index in [4.69, 9.17) is 14.2 Å². The molecule has 2 aromatic rings. The van der Waals surface area contributed by atoms with Gasteiger partial charge < -0.3 is 19.5 Å². The zero-order valence-corrected chi connectivity index (χ0v) is 14.7. The molecule has 0 aliphatic rings. The van der Waals surface area contributed by atoms with Gasteiger partial charge in [0.25, 0.3) is 5.91 Å². The Labute approximate surface area is 145 Å². The van der Waals surface area contributed by atoms with Crippen LogP contribution in [0.3, 0.4) is 0 Å². The molecular formula is C17H21N3O5. The van der Waals surface area contributed by atoms with Crippen LogP contribution in [0.4, 0.5) is 5.82 Å². The number of aromatic nitrogens is 2. The number of rotatable bonds is 7. The highest BCUT2D eigenvalue weighted by molar-refractivity contribution is 6.01. The first kappa shape index (κ1) is 18.3. The van der Waals surface area contributed by atoms with Gasteiger partial charge in [-0.25, -0.2) is 4.79 Å². The first-order chi connectivity index (χ1) is 12.0. The summed E-state index contributed by atoms with van der Waals surface area (Å²) in [7, 11) is 3.15. The van der Waals surface area contributed by atoms with Gasteiger partial charge in [-0.05, 0) is 26.0 Å². The first-order valence-corrected chi connectivity index (χ1v) is 7.74. The standard InChI is InChI=1S/C17H21N3O5/c1-5-24-17(22)15-11(2)19-20(3)16(15)18-14(21)10-25-13-9-7-6-8-12(13)23-4/h6-9H,5,10H2,1-4H3,(H,18,21). The fraction of sp³-hybridized carbons (Fsp3) is 0.353. The van der Waals surface area contributed by atoms with Crippen LogP contribution in [0.1, 0.15) is 23.0 Å². The summed E-state index contributed by atoms with van der Waals surface area (Å²) in [5, 5.41) is 6.79. The third kappa shape index (κ3) is 4.28. The molecule has 2 rings (SSSR count). The van der Waals surface area contributed by atoms with Gasteiger partial charge in [-0.1, -0.05) is 12.1 Å². The van der Waals surface area contributed by atoms with Crippen molar-refractivity contribution in [1.29, 1.82) is 0 Å². The lowest BCUT2D eigenvalue weighted by Gasteiger charge is -2.11. The molecule has 0 aliphatic carbocycles. The molecule has 8 heteroatoms. The average Bonchev–Trinajstić information content (AvgIpc) is 2.87. The molecule has 0 saturated heterocycles. The van der Waals surface area contributed by atoms with E-state index in [1.165, 1.54) is 11.8 Å². The molecule has 0 radical (unpaired) electrons. The van der Waals surface area contributed by atoms with Gasteiger partial charge in [0.2, 0.25) is 0 Å². The first-order valence-electron chi connectivity index (χ1n) is 7.74. The molecule has 1 aromatic carbocycles. The average molecular weight is 347 g/mol. The highest BCUT2D eigenvalue weighted by atomic mass is 16.5. The van der Waals surface area contributed by atoms with Crippen LogP contribution in [0, 0.1) is 6.92 Å². The smallest absolute Gasteiger partial charge is 0.343 e. The number of methoxy groups -OCH3 is 1. The number of benzene rings is 1. The molecule has 0 fully saturated rings. The van der Waals surface area contributed by atoms with Crippen LogP contribution in [-0.2, 0) is 16.6 Å². The van der Waals surface area contributed by atoms with Crippen LogP contribution in [0.5, 0.6) is 11.5 Å². The summed E-state index contributed by atoms with van der Waals surface area (Å²) in [4.78, 5) is 24.3. The number of carbonyl (C=O) groups excluding carboxylic acids is 2. The maximum Gasteiger partial charge on any atom is 0.343 e. The van der Waals surface area contributed by atoms with E-state index in [1.54, 1.807) is 45.2 Å². The predicted molar refractivity (Wildman–Crippen MR) is 91.0 cm³/mol. The molecule has 0 spiro atoms. The molecule has 0 aliphatic heterocycles. The normalized spacial score (nSPS) is 10.2. The molecule has 134 valence electrons. The van der Waals surface area contributed by atoms with Crippen molar-refractivity contribution < 1.29 is 23.8 Å². The van der Waals surface area contributed by atoms with Gasteiger partial charge in [-0.15, -0.1) is 0 Å². The Morgan fingerprint density at radius 1 is 1.24 bits per heavy atom. The lowest BCUT2D eigenvalue weighted by molar-refractivity contribution is -0.118. The van der Waals surface area contributed by atoms with Crippen LogP contribution in [0.15, 0.2) is 24.3 Å². The number of para-hydroxylation sites is 2. The summed E-state index contributed by atoms with van der Waals surface area (Å²) >= 11 is 0. The summed E-state index contributed by atoms with van der Waals surface area (Å²) in [6.45, 7) is 3.38. The minimum absolute atomic E-state index is 0.231. The predicted octanol–water partition coefficient (Wildman–Crippen LogP) is 1.93. The van der Waals surface area contributed by atoms with Crippen molar-refractivity contribution in [2.75, 3.05) is 25.6 Å². The molecule has 1 heterocycles. The van der Waals surface area contributed by atoms with Gasteiger partial charge in [-0.3, -0.25) is 9.48 Å². The molecule has 0 saturated carbocycles. The van der Waals surface area contributed by atoms with Gasteiger partial charge >= 0.3 is 5.97 Å². The number of aryl methyl sites for hydroxylation is 2. The van der Waals surface area contributed by atoms with Crippen molar-refractivity contribution in [3.8, 4) is 11.5 Å². The number of nitrogens with zero attached hydrogens (tertiary/aromatic N) is 2. The van der Waals surface area contributed by atoms with E-state index in [0.29, 0.717) is 17.2 Å². The minimum atomic E-state index is -0.533. The largest absolute Gasteiger partial charge is 0.493 e. The third-order valence-electron chi connectivity index (χ3n) is 3.39. The maximum absolute atomic E-state index is 12.2. The second-order valence-electron chi connectivity index (χ2n) is 5.14. The van der Waals surface area contributed by atoms with Gasteiger partial charge in [-0.2, -0.15) is 5.10 Å². The molecule has 1 aromatic heterocycles. The highest BCUT2D eigenvalue weighted by Crippen LogP contribution is 2.26. The summed E-state index contributed by atoms with van der Waals surface area (Å²) in [6.07, 6.45) is 0. The SMILES string of the molecule is CCOC(=O)c1c(C)nn(C)c1NC(=O)COc1ccccc1OC. The lowest BCUT2D eigenvalue weighted by atomic mass is 10.2. The zero-order valence-electron chi connectivity index (χ0n) is 14.7. The van der Waals surface area contributed by atoms with Crippen LogP contribution in [0.25, 0.3) is 0 Å². The van der Waals surface area contributed by atoms with Crippen molar-refractivity contribution in [3.05, 3.63) is 35.5 Å².